The van der Waals surface area contributed by atoms with E-state index in [-0.39, 0.29) is 5.54 Å². The third-order valence-corrected chi connectivity index (χ3v) is 4.32. The number of ether oxygens (including phenoxy) is 1. The summed E-state index contributed by atoms with van der Waals surface area (Å²) in [5.74, 6) is 0.505. The van der Waals surface area contributed by atoms with Crippen molar-refractivity contribution in [3.63, 3.8) is 0 Å². The summed E-state index contributed by atoms with van der Waals surface area (Å²) in [6.07, 6.45) is 2.18. The number of hydrogen-bond acceptors (Lipinski definition) is 4. The third kappa shape index (κ3) is 2.69. The number of nitrogens with one attached hydrogen (secondary N) is 1. The number of aromatic nitrogens is 1. The Morgan fingerprint density at radius 2 is 2.41 bits per heavy atom. The molecular formula is C13H22N2OS. The number of thiazole rings is 1. The van der Waals surface area contributed by atoms with E-state index in [4.69, 9.17) is 9.72 Å². The minimum Gasteiger partial charge on any atom is -0.379 e. The van der Waals surface area contributed by atoms with Gasteiger partial charge in [-0.05, 0) is 25.3 Å². The molecule has 0 bridgehead atoms. The molecule has 0 aliphatic carbocycles. The van der Waals surface area contributed by atoms with Crippen LogP contribution in [0.3, 0.4) is 0 Å². The van der Waals surface area contributed by atoms with Crippen LogP contribution in [0.4, 0.5) is 0 Å². The first-order chi connectivity index (χ1) is 8.18. The molecule has 1 atom stereocenters. The molecule has 1 aliphatic rings. The molecule has 1 unspecified atom stereocenters. The van der Waals surface area contributed by atoms with Crippen LogP contribution in [-0.2, 0) is 10.3 Å². The van der Waals surface area contributed by atoms with Crippen molar-refractivity contribution in [3.8, 4) is 0 Å². The smallest absolute Gasteiger partial charge is 0.115 e. The van der Waals surface area contributed by atoms with Gasteiger partial charge in [0.25, 0.3) is 0 Å². The molecule has 0 amide bonds. The van der Waals surface area contributed by atoms with Gasteiger partial charge in [-0.1, -0.05) is 20.8 Å². The Hall–Kier alpha value is -0.450. The Morgan fingerprint density at radius 1 is 1.59 bits per heavy atom. The highest BCUT2D eigenvalue weighted by Gasteiger charge is 2.38. The maximum atomic E-state index is 5.59. The van der Waals surface area contributed by atoms with E-state index in [1.807, 2.05) is 0 Å². The molecule has 1 N–H and O–H groups in total. The summed E-state index contributed by atoms with van der Waals surface area (Å²) >= 11 is 1.77. The van der Waals surface area contributed by atoms with E-state index in [2.05, 4.69) is 31.5 Å². The molecule has 3 nitrogen and oxygen atoms in total. The minimum absolute atomic E-state index is 0.0200. The largest absolute Gasteiger partial charge is 0.379 e. The van der Waals surface area contributed by atoms with Gasteiger partial charge in [0.1, 0.15) is 5.01 Å². The summed E-state index contributed by atoms with van der Waals surface area (Å²) in [4.78, 5) is 4.79. The third-order valence-electron chi connectivity index (χ3n) is 3.26. The van der Waals surface area contributed by atoms with Crippen LogP contribution in [0.1, 0.15) is 50.2 Å². The molecular weight excluding hydrogens is 232 g/mol. The molecule has 0 aromatic carbocycles. The van der Waals surface area contributed by atoms with Crippen LogP contribution >= 0.6 is 11.3 Å². The van der Waals surface area contributed by atoms with E-state index in [9.17, 15) is 0 Å². The van der Waals surface area contributed by atoms with E-state index in [0.29, 0.717) is 5.92 Å². The fourth-order valence-electron chi connectivity index (χ4n) is 2.08. The molecule has 96 valence electrons. The SMILES string of the molecule is CCCNC1(c2nc(C(C)C)cs2)CCOC1. The van der Waals surface area contributed by atoms with Crippen LogP contribution in [0.5, 0.6) is 0 Å². The van der Waals surface area contributed by atoms with Gasteiger partial charge >= 0.3 is 0 Å². The second-order valence-corrected chi connectivity index (χ2v) is 5.90. The van der Waals surface area contributed by atoms with Crippen molar-refractivity contribution in [3.05, 3.63) is 16.1 Å². The highest BCUT2D eigenvalue weighted by Crippen LogP contribution is 2.33. The molecule has 1 aromatic heterocycles. The zero-order chi connectivity index (χ0) is 12.3. The van der Waals surface area contributed by atoms with Crippen LogP contribution in [0.2, 0.25) is 0 Å². The molecule has 0 saturated carbocycles. The van der Waals surface area contributed by atoms with E-state index >= 15 is 0 Å². The van der Waals surface area contributed by atoms with Crippen LogP contribution in [0.25, 0.3) is 0 Å². The zero-order valence-corrected chi connectivity index (χ0v) is 11.8. The van der Waals surface area contributed by atoms with Gasteiger partial charge in [0.05, 0.1) is 17.8 Å². The Bertz CT molecular complexity index is 356. The highest BCUT2D eigenvalue weighted by molar-refractivity contribution is 7.09. The average Bonchev–Trinajstić information content (AvgIpc) is 2.95. The lowest BCUT2D eigenvalue weighted by atomic mass is 9.99. The molecule has 1 aromatic rings. The van der Waals surface area contributed by atoms with Gasteiger partial charge in [-0.25, -0.2) is 4.98 Å². The van der Waals surface area contributed by atoms with Crippen molar-refractivity contribution in [2.75, 3.05) is 19.8 Å². The fraction of sp³-hybridized carbons (Fsp3) is 0.769. The fourth-order valence-corrected chi connectivity index (χ4v) is 3.26. The Balaban J connectivity index is 2.19. The molecule has 0 spiro atoms. The van der Waals surface area contributed by atoms with Gasteiger partial charge < -0.3 is 10.1 Å². The molecule has 0 radical (unpaired) electrons. The van der Waals surface area contributed by atoms with E-state index < -0.39 is 0 Å². The van der Waals surface area contributed by atoms with Gasteiger partial charge in [-0.15, -0.1) is 11.3 Å². The normalized spacial score (nSPS) is 24.7. The van der Waals surface area contributed by atoms with Crippen molar-refractivity contribution in [1.82, 2.24) is 10.3 Å². The Morgan fingerprint density at radius 3 is 2.94 bits per heavy atom. The molecule has 1 fully saturated rings. The number of hydrogen-bond donors (Lipinski definition) is 1. The second kappa shape index (κ2) is 5.46. The van der Waals surface area contributed by atoms with Crippen molar-refractivity contribution in [1.29, 1.82) is 0 Å². The monoisotopic (exact) mass is 254 g/mol. The summed E-state index contributed by atoms with van der Waals surface area (Å²) in [7, 11) is 0. The topological polar surface area (TPSA) is 34.2 Å². The Kier molecular flexibility index (Phi) is 4.17. The van der Waals surface area contributed by atoms with Crippen molar-refractivity contribution >= 4 is 11.3 Å². The van der Waals surface area contributed by atoms with Gasteiger partial charge in [0.2, 0.25) is 0 Å². The molecule has 2 heterocycles. The van der Waals surface area contributed by atoms with Crippen molar-refractivity contribution < 1.29 is 4.74 Å². The van der Waals surface area contributed by atoms with Gasteiger partial charge in [-0.3, -0.25) is 0 Å². The molecule has 2 rings (SSSR count). The summed E-state index contributed by atoms with van der Waals surface area (Å²) in [5.41, 5.74) is 1.18. The van der Waals surface area contributed by atoms with E-state index in [1.165, 1.54) is 10.7 Å². The lowest BCUT2D eigenvalue weighted by Gasteiger charge is -2.26. The lowest BCUT2D eigenvalue weighted by molar-refractivity contribution is 0.166. The first-order valence-electron chi connectivity index (χ1n) is 6.46. The Labute approximate surface area is 108 Å². The maximum Gasteiger partial charge on any atom is 0.115 e. The molecule has 4 heteroatoms. The minimum atomic E-state index is -0.0200. The number of nitrogens with zero attached hydrogens (tertiary/aromatic N) is 1. The van der Waals surface area contributed by atoms with Crippen LogP contribution in [-0.4, -0.2) is 24.7 Å². The quantitative estimate of drug-likeness (QED) is 0.877. The standard InChI is InChI=1S/C13H22N2OS/c1-4-6-14-13(5-7-16-9-13)12-15-11(8-17-12)10(2)3/h8,10,14H,4-7,9H2,1-3H3. The number of rotatable bonds is 5. The van der Waals surface area contributed by atoms with Gasteiger partial charge in [0.15, 0.2) is 0 Å². The lowest BCUT2D eigenvalue weighted by Crippen LogP contribution is -2.43. The maximum absolute atomic E-state index is 5.59. The second-order valence-electron chi connectivity index (χ2n) is 5.04. The zero-order valence-electron chi connectivity index (χ0n) is 11.0. The van der Waals surface area contributed by atoms with E-state index in [0.717, 1.165) is 32.6 Å². The summed E-state index contributed by atoms with van der Waals surface area (Å²) in [5, 5.41) is 7.03. The average molecular weight is 254 g/mol. The highest BCUT2D eigenvalue weighted by atomic mass is 32.1. The van der Waals surface area contributed by atoms with E-state index in [1.54, 1.807) is 11.3 Å². The predicted octanol–water partition coefficient (Wildman–Crippen LogP) is 2.88. The van der Waals surface area contributed by atoms with Crippen molar-refractivity contribution in [2.45, 2.75) is 45.1 Å². The van der Waals surface area contributed by atoms with Gasteiger partial charge in [-0.2, -0.15) is 0 Å². The van der Waals surface area contributed by atoms with Gasteiger partial charge in [0, 0.05) is 12.0 Å². The summed E-state index contributed by atoms with van der Waals surface area (Å²) in [6.45, 7) is 9.20. The summed E-state index contributed by atoms with van der Waals surface area (Å²) < 4.78 is 5.59. The molecule has 17 heavy (non-hydrogen) atoms. The molecule has 1 saturated heterocycles. The molecule has 1 aliphatic heterocycles. The van der Waals surface area contributed by atoms with Crippen LogP contribution in [0, 0.1) is 0 Å². The first kappa shape index (κ1) is 13.0. The predicted molar refractivity (Wildman–Crippen MR) is 71.6 cm³/mol. The van der Waals surface area contributed by atoms with Crippen LogP contribution in [0.15, 0.2) is 5.38 Å². The van der Waals surface area contributed by atoms with Crippen LogP contribution < -0.4 is 5.32 Å². The first-order valence-corrected chi connectivity index (χ1v) is 7.34. The van der Waals surface area contributed by atoms with Crippen molar-refractivity contribution in [2.24, 2.45) is 0 Å². The summed E-state index contributed by atoms with van der Waals surface area (Å²) in [6, 6.07) is 0.